The fourth-order valence-electron chi connectivity index (χ4n) is 2.76. The molecule has 138 valence electrons. The average Bonchev–Trinajstić information content (AvgIpc) is 3.38. The van der Waals surface area contributed by atoms with Crippen LogP contribution < -0.4 is 10.0 Å². The van der Waals surface area contributed by atoms with Crippen molar-refractivity contribution in [1.29, 1.82) is 0 Å². The van der Waals surface area contributed by atoms with Gasteiger partial charge in [-0.2, -0.15) is 0 Å². The smallest absolute Gasteiger partial charge is 0.252 e. The maximum Gasteiger partial charge on any atom is 0.252 e. The Morgan fingerprint density at radius 2 is 1.88 bits per heavy atom. The molecule has 1 unspecified atom stereocenters. The van der Waals surface area contributed by atoms with Gasteiger partial charge in [0.1, 0.15) is 0 Å². The quantitative estimate of drug-likeness (QED) is 0.724. The van der Waals surface area contributed by atoms with Crippen molar-refractivity contribution < 1.29 is 13.2 Å². The van der Waals surface area contributed by atoms with Gasteiger partial charge in [-0.25, -0.2) is 13.1 Å². The highest BCUT2D eigenvalue weighted by atomic mass is 79.9. The van der Waals surface area contributed by atoms with Crippen molar-refractivity contribution >= 4 is 31.9 Å². The van der Waals surface area contributed by atoms with E-state index in [4.69, 9.17) is 0 Å². The lowest BCUT2D eigenvalue weighted by atomic mass is 10.0. The number of aryl methyl sites for hydroxylation is 1. The molecule has 2 aromatic carbocycles. The van der Waals surface area contributed by atoms with Crippen LogP contribution in [0.4, 0.5) is 0 Å². The lowest BCUT2D eigenvalue weighted by Gasteiger charge is -2.17. The van der Waals surface area contributed by atoms with Crippen LogP contribution in [0, 0.1) is 6.92 Å². The van der Waals surface area contributed by atoms with Crippen molar-refractivity contribution in [3.05, 3.63) is 63.6 Å². The van der Waals surface area contributed by atoms with Gasteiger partial charge in [0.2, 0.25) is 10.0 Å². The van der Waals surface area contributed by atoms with Gasteiger partial charge in [0.15, 0.2) is 0 Å². The van der Waals surface area contributed by atoms with Crippen LogP contribution in [0.5, 0.6) is 0 Å². The number of halogens is 1. The van der Waals surface area contributed by atoms with E-state index >= 15 is 0 Å². The first-order valence-electron chi connectivity index (χ1n) is 8.46. The third kappa shape index (κ3) is 4.34. The molecule has 5 nitrogen and oxygen atoms in total. The summed E-state index contributed by atoms with van der Waals surface area (Å²) in [5, 5.41) is 2.94. The van der Waals surface area contributed by atoms with E-state index in [2.05, 4.69) is 26.0 Å². The van der Waals surface area contributed by atoms with Gasteiger partial charge in [0.05, 0.1) is 16.5 Å². The fourth-order valence-corrected chi connectivity index (χ4v) is 4.52. The van der Waals surface area contributed by atoms with E-state index in [9.17, 15) is 13.2 Å². The molecular formula is C19H21BrN2O3S. The molecule has 0 aromatic heterocycles. The Bertz CT molecular complexity index is 940. The Kier molecular flexibility index (Phi) is 5.50. The third-order valence-electron chi connectivity index (χ3n) is 4.39. The molecule has 26 heavy (non-hydrogen) atoms. The van der Waals surface area contributed by atoms with Crippen LogP contribution in [-0.2, 0) is 10.0 Å². The largest absolute Gasteiger partial charge is 0.345 e. The van der Waals surface area contributed by atoms with E-state index in [1.807, 2.05) is 38.1 Å². The molecule has 0 heterocycles. The molecule has 0 aliphatic heterocycles. The first kappa shape index (κ1) is 19.1. The molecule has 3 rings (SSSR count). The Hall–Kier alpha value is -1.70. The zero-order chi connectivity index (χ0) is 18.9. The van der Waals surface area contributed by atoms with E-state index in [1.54, 1.807) is 6.07 Å². The Labute approximate surface area is 162 Å². The molecule has 1 amide bonds. The van der Waals surface area contributed by atoms with Gasteiger partial charge in [0, 0.05) is 10.5 Å². The highest BCUT2D eigenvalue weighted by Crippen LogP contribution is 2.26. The van der Waals surface area contributed by atoms with Gasteiger partial charge in [-0.15, -0.1) is 0 Å². The SMILES string of the molecule is Cc1ccccc1C(C)NC(=O)c1cc(S(=O)(=O)NC2CC2)ccc1Br. The van der Waals surface area contributed by atoms with Gasteiger partial charge < -0.3 is 5.32 Å². The number of carbonyl (C=O) groups is 1. The first-order valence-corrected chi connectivity index (χ1v) is 10.7. The van der Waals surface area contributed by atoms with Crippen LogP contribution >= 0.6 is 15.9 Å². The van der Waals surface area contributed by atoms with E-state index in [1.165, 1.54) is 12.1 Å². The number of rotatable bonds is 6. The zero-order valence-corrected chi connectivity index (χ0v) is 17.0. The van der Waals surface area contributed by atoms with E-state index < -0.39 is 10.0 Å². The summed E-state index contributed by atoms with van der Waals surface area (Å²) in [6.45, 7) is 3.90. The lowest BCUT2D eigenvalue weighted by molar-refractivity contribution is 0.0939. The number of carbonyl (C=O) groups excluding carboxylic acids is 1. The zero-order valence-electron chi connectivity index (χ0n) is 14.6. The van der Waals surface area contributed by atoms with Crippen LogP contribution in [0.2, 0.25) is 0 Å². The third-order valence-corrected chi connectivity index (χ3v) is 6.60. The summed E-state index contributed by atoms with van der Waals surface area (Å²) in [5.41, 5.74) is 2.41. The molecular weight excluding hydrogens is 416 g/mol. The summed E-state index contributed by atoms with van der Waals surface area (Å²) < 4.78 is 28.0. The Morgan fingerprint density at radius 1 is 1.19 bits per heavy atom. The van der Waals surface area contributed by atoms with Crippen molar-refractivity contribution in [2.24, 2.45) is 0 Å². The van der Waals surface area contributed by atoms with Crippen LogP contribution in [0.1, 0.15) is 47.3 Å². The van der Waals surface area contributed by atoms with Gasteiger partial charge in [-0.05, 0) is 71.9 Å². The predicted molar refractivity (Wildman–Crippen MR) is 105 cm³/mol. The van der Waals surface area contributed by atoms with E-state index in [0.29, 0.717) is 10.0 Å². The van der Waals surface area contributed by atoms with Crippen molar-refractivity contribution in [3.63, 3.8) is 0 Å². The number of hydrogen-bond donors (Lipinski definition) is 2. The summed E-state index contributed by atoms with van der Waals surface area (Å²) in [7, 11) is -3.61. The second kappa shape index (κ2) is 7.50. The van der Waals surface area contributed by atoms with Gasteiger partial charge in [-0.1, -0.05) is 24.3 Å². The summed E-state index contributed by atoms with van der Waals surface area (Å²) in [5.74, 6) is -0.323. The molecule has 0 radical (unpaired) electrons. The minimum atomic E-state index is -3.61. The van der Waals surface area contributed by atoms with Crippen molar-refractivity contribution in [1.82, 2.24) is 10.0 Å². The number of nitrogens with one attached hydrogen (secondary N) is 2. The number of benzene rings is 2. The minimum absolute atomic E-state index is 0.0157. The summed E-state index contributed by atoms with van der Waals surface area (Å²) >= 11 is 3.35. The number of sulfonamides is 1. The average molecular weight is 437 g/mol. The number of hydrogen-bond acceptors (Lipinski definition) is 3. The monoisotopic (exact) mass is 436 g/mol. The molecule has 0 bridgehead atoms. The molecule has 1 atom stereocenters. The predicted octanol–water partition coefficient (Wildman–Crippen LogP) is 3.69. The highest BCUT2D eigenvalue weighted by Gasteiger charge is 2.28. The normalized spacial score (nSPS) is 15.5. The molecule has 1 saturated carbocycles. The summed E-state index contributed by atoms with van der Waals surface area (Å²) in [6, 6.07) is 12.2. The van der Waals surface area contributed by atoms with Crippen LogP contribution in [0.25, 0.3) is 0 Å². The molecule has 1 fully saturated rings. The molecule has 2 aromatic rings. The second-order valence-corrected chi connectivity index (χ2v) is 9.16. The summed E-state index contributed by atoms with van der Waals surface area (Å²) in [6.07, 6.45) is 1.72. The molecule has 0 saturated heterocycles. The maximum atomic E-state index is 12.7. The standard InChI is InChI=1S/C19H21BrN2O3S/c1-12-5-3-4-6-16(12)13(2)21-19(23)17-11-15(9-10-18(17)20)26(24,25)22-14-7-8-14/h3-6,9-11,13-14,22H,7-8H2,1-2H3,(H,21,23). The maximum absolute atomic E-state index is 12.7. The molecule has 1 aliphatic carbocycles. The van der Waals surface area contributed by atoms with Gasteiger partial charge in [0.25, 0.3) is 5.91 Å². The van der Waals surface area contributed by atoms with Crippen molar-refractivity contribution in [2.75, 3.05) is 0 Å². The first-order chi connectivity index (χ1) is 12.3. The molecule has 7 heteroatoms. The lowest BCUT2D eigenvalue weighted by Crippen LogP contribution is -2.29. The second-order valence-electron chi connectivity index (χ2n) is 6.59. The number of amides is 1. The topological polar surface area (TPSA) is 75.3 Å². The van der Waals surface area contributed by atoms with Crippen molar-refractivity contribution in [3.8, 4) is 0 Å². The van der Waals surface area contributed by atoms with Crippen LogP contribution in [0.3, 0.4) is 0 Å². The molecule has 2 N–H and O–H groups in total. The van der Waals surface area contributed by atoms with E-state index in [-0.39, 0.29) is 22.9 Å². The van der Waals surface area contributed by atoms with Crippen LogP contribution in [-0.4, -0.2) is 20.4 Å². The minimum Gasteiger partial charge on any atom is -0.345 e. The Balaban J connectivity index is 1.82. The molecule has 1 aliphatic rings. The van der Waals surface area contributed by atoms with Crippen molar-refractivity contribution in [2.45, 2.75) is 43.7 Å². The fraction of sp³-hybridized carbons (Fsp3) is 0.316. The Morgan fingerprint density at radius 3 is 2.54 bits per heavy atom. The van der Waals surface area contributed by atoms with Gasteiger partial charge in [-0.3, -0.25) is 4.79 Å². The molecule has 0 spiro atoms. The summed E-state index contributed by atoms with van der Waals surface area (Å²) in [4.78, 5) is 12.8. The highest BCUT2D eigenvalue weighted by molar-refractivity contribution is 9.10. The van der Waals surface area contributed by atoms with Crippen LogP contribution in [0.15, 0.2) is 51.8 Å². The van der Waals surface area contributed by atoms with Gasteiger partial charge >= 0.3 is 0 Å². The van der Waals surface area contributed by atoms with E-state index in [0.717, 1.165) is 24.0 Å².